The van der Waals surface area contributed by atoms with E-state index in [4.69, 9.17) is 11.6 Å². The number of aliphatic imine (C=N–C) groups is 1. The fourth-order valence-corrected chi connectivity index (χ4v) is 2.11. The molecule has 0 aromatic heterocycles. The number of carbonyl (C=O) groups is 2. The summed E-state index contributed by atoms with van der Waals surface area (Å²) >= 11 is 5.96. The summed E-state index contributed by atoms with van der Waals surface area (Å²) in [5, 5.41) is 0.368. The standard InChI is InChI=1S/C15H12ClNO2/c1-9-7-11(18)8-10(2)14(9)17-15(19)12-5-3-4-6-13(12)16/h3-8H,1-2H3. The van der Waals surface area contributed by atoms with Gasteiger partial charge in [0.25, 0.3) is 5.91 Å². The van der Waals surface area contributed by atoms with Gasteiger partial charge in [0.1, 0.15) is 0 Å². The monoisotopic (exact) mass is 273 g/mol. The van der Waals surface area contributed by atoms with E-state index in [1.165, 1.54) is 12.2 Å². The largest absolute Gasteiger partial charge is 0.290 e. The molecule has 0 atom stereocenters. The van der Waals surface area contributed by atoms with E-state index in [0.29, 0.717) is 27.4 Å². The van der Waals surface area contributed by atoms with Crippen LogP contribution in [0.5, 0.6) is 0 Å². The number of rotatable bonds is 1. The van der Waals surface area contributed by atoms with E-state index in [9.17, 15) is 9.59 Å². The molecule has 0 fully saturated rings. The Labute approximate surface area is 116 Å². The molecule has 0 heterocycles. The van der Waals surface area contributed by atoms with E-state index >= 15 is 0 Å². The van der Waals surface area contributed by atoms with Crippen molar-refractivity contribution in [3.05, 3.63) is 58.1 Å². The minimum Gasteiger partial charge on any atom is -0.290 e. The molecule has 4 heteroatoms. The number of benzene rings is 1. The number of halogens is 1. The predicted molar refractivity (Wildman–Crippen MR) is 75.7 cm³/mol. The molecule has 0 saturated carbocycles. The van der Waals surface area contributed by atoms with Crippen molar-refractivity contribution in [2.75, 3.05) is 0 Å². The van der Waals surface area contributed by atoms with Crippen LogP contribution in [0.2, 0.25) is 5.02 Å². The molecular formula is C15H12ClNO2. The maximum absolute atomic E-state index is 12.1. The van der Waals surface area contributed by atoms with Crippen molar-refractivity contribution in [3.63, 3.8) is 0 Å². The predicted octanol–water partition coefficient (Wildman–Crippen LogP) is 3.40. The number of hydrogen-bond acceptors (Lipinski definition) is 2. The smallest absolute Gasteiger partial charge is 0.279 e. The summed E-state index contributed by atoms with van der Waals surface area (Å²) in [6, 6.07) is 6.75. The molecule has 1 amide bonds. The fourth-order valence-electron chi connectivity index (χ4n) is 1.89. The quantitative estimate of drug-likeness (QED) is 0.736. The van der Waals surface area contributed by atoms with Crippen LogP contribution in [-0.2, 0) is 4.79 Å². The third-order valence-corrected chi connectivity index (χ3v) is 3.11. The second kappa shape index (κ2) is 5.33. The third kappa shape index (κ3) is 2.88. The molecule has 2 rings (SSSR count). The van der Waals surface area contributed by atoms with Gasteiger partial charge in [-0.2, -0.15) is 0 Å². The third-order valence-electron chi connectivity index (χ3n) is 2.78. The van der Waals surface area contributed by atoms with Gasteiger partial charge in [0, 0.05) is 0 Å². The molecule has 0 radical (unpaired) electrons. The van der Waals surface area contributed by atoms with Crippen molar-refractivity contribution in [2.45, 2.75) is 13.8 Å². The summed E-state index contributed by atoms with van der Waals surface area (Å²) in [5.41, 5.74) is 2.26. The van der Waals surface area contributed by atoms with Crippen molar-refractivity contribution >= 4 is 29.0 Å². The molecule has 1 aromatic carbocycles. The Morgan fingerprint density at radius 3 is 2.26 bits per heavy atom. The fraction of sp³-hybridized carbons (Fsp3) is 0.133. The van der Waals surface area contributed by atoms with Crippen LogP contribution in [0.3, 0.4) is 0 Å². The summed E-state index contributed by atoms with van der Waals surface area (Å²) in [6.45, 7) is 3.51. The van der Waals surface area contributed by atoms with Gasteiger partial charge in [-0.3, -0.25) is 9.59 Å². The van der Waals surface area contributed by atoms with Crippen molar-refractivity contribution < 1.29 is 9.59 Å². The van der Waals surface area contributed by atoms with Gasteiger partial charge in [-0.15, -0.1) is 0 Å². The highest BCUT2D eigenvalue weighted by molar-refractivity contribution is 6.34. The van der Waals surface area contributed by atoms with Gasteiger partial charge in [-0.25, -0.2) is 4.99 Å². The number of ketones is 1. The minimum atomic E-state index is -0.407. The van der Waals surface area contributed by atoms with E-state index in [-0.39, 0.29) is 5.78 Å². The normalized spacial score (nSPS) is 14.9. The first kappa shape index (κ1) is 13.4. The maximum Gasteiger partial charge on any atom is 0.279 e. The van der Waals surface area contributed by atoms with E-state index in [2.05, 4.69) is 4.99 Å². The second-order valence-electron chi connectivity index (χ2n) is 4.30. The zero-order valence-corrected chi connectivity index (χ0v) is 11.4. The summed E-state index contributed by atoms with van der Waals surface area (Å²) in [4.78, 5) is 27.5. The Balaban J connectivity index is 2.40. The molecule has 0 aliphatic heterocycles. The van der Waals surface area contributed by atoms with Crippen LogP contribution in [0.25, 0.3) is 0 Å². The molecule has 1 aromatic rings. The van der Waals surface area contributed by atoms with Crippen LogP contribution in [-0.4, -0.2) is 17.4 Å². The lowest BCUT2D eigenvalue weighted by Gasteiger charge is -2.11. The lowest BCUT2D eigenvalue weighted by Crippen LogP contribution is -2.13. The van der Waals surface area contributed by atoms with Gasteiger partial charge in [-0.05, 0) is 49.3 Å². The maximum atomic E-state index is 12.1. The van der Waals surface area contributed by atoms with Gasteiger partial charge >= 0.3 is 0 Å². The van der Waals surface area contributed by atoms with E-state index < -0.39 is 5.91 Å². The van der Waals surface area contributed by atoms with Crippen molar-refractivity contribution in [1.29, 1.82) is 0 Å². The van der Waals surface area contributed by atoms with Crippen LogP contribution in [0.15, 0.2) is 52.6 Å². The highest BCUT2D eigenvalue weighted by atomic mass is 35.5. The van der Waals surface area contributed by atoms with Crippen LogP contribution < -0.4 is 0 Å². The number of amides is 1. The second-order valence-corrected chi connectivity index (χ2v) is 4.71. The Bertz CT molecular complexity index is 630. The zero-order chi connectivity index (χ0) is 14.0. The van der Waals surface area contributed by atoms with Gasteiger partial charge in [0.2, 0.25) is 0 Å². The average molecular weight is 274 g/mol. The highest BCUT2D eigenvalue weighted by Gasteiger charge is 2.16. The van der Waals surface area contributed by atoms with E-state index in [1.807, 2.05) is 0 Å². The molecule has 0 saturated heterocycles. The van der Waals surface area contributed by atoms with E-state index in [0.717, 1.165) is 0 Å². The zero-order valence-electron chi connectivity index (χ0n) is 10.6. The van der Waals surface area contributed by atoms with Crippen LogP contribution in [0.1, 0.15) is 24.2 Å². The van der Waals surface area contributed by atoms with Gasteiger partial charge < -0.3 is 0 Å². The lowest BCUT2D eigenvalue weighted by molar-refractivity contribution is -0.110. The lowest BCUT2D eigenvalue weighted by atomic mass is 9.97. The van der Waals surface area contributed by atoms with Gasteiger partial charge in [-0.1, -0.05) is 23.7 Å². The molecule has 0 N–H and O–H groups in total. The minimum absolute atomic E-state index is 0.0841. The topological polar surface area (TPSA) is 46.5 Å². The molecule has 0 spiro atoms. The van der Waals surface area contributed by atoms with Crippen LogP contribution in [0, 0.1) is 0 Å². The van der Waals surface area contributed by atoms with Crippen molar-refractivity contribution in [1.82, 2.24) is 0 Å². The van der Waals surface area contributed by atoms with Gasteiger partial charge in [0.05, 0.1) is 16.3 Å². The summed E-state index contributed by atoms with van der Waals surface area (Å²) in [7, 11) is 0. The molecule has 0 unspecified atom stereocenters. The number of carbonyl (C=O) groups excluding carboxylic acids is 2. The molecular weight excluding hydrogens is 262 g/mol. The molecule has 19 heavy (non-hydrogen) atoms. The summed E-state index contributed by atoms with van der Waals surface area (Å²) in [6.07, 6.45) is 2.93. The average Bonchev–Trinajstić information content (AvgIpc) is 2.34. The van der Waals surface area contributed by atoms with E-state index in [1.54, 1.807) is 38.1 Å². The molecule has 96 valence electrons. The van der Waals surface area contributed by atoms with Gasteiger partial charge in [0.15, 0.2) is 5.78 Å². The molecule has 1 aliphatic carbocycles. The number of hydrogen-bond donors (Lipinski definition) is 0. The Hall–Kier alpha value is -2.00. The first-order valence-corrected chi connectivity index (χ1v) is 6.15. The number of allylic oxidation sites excluding steroid dienone is 4. The van der Waals surface area contributed by atoms with Crippen LogP contribution in [0.4, 0.5) is 0 Å². The first-order chi connectivity index (χ1) is 8.99. The first-order valence-electron chi connectivity index (χ1n) is 5.78. The Morgan fingerprint density at radius 2 is 1.68 bits per heavy atom. The Morgan fingerprint density at radius 1 is 1.11 bits per heavy atom. The SMILES string of the molecule is CC1=CC(=O)C=C(C)C1=NC(=O)c1ccccc1Cl. The number of nitrogens with zero attached hydrogens (tertiary/aromatic N) is 1. The van der Waals surface area contributed by atoms with Crippen molar-refractivity contribution in [3.8, 4) is 0 Å². The summed E-state index contributed by atoms with van der Waals surface area (Å²) in [5.74, 6) is -0.491. The molecule has 0 bridgehead atoms. The van der Waals surface area contributed by atoms with Crippen molar-refractivity contribution in [2.24, 2.45) is 4.99 Å². The highest BCUT2D eigenvalue weighted by Crippen LogP contribution is 2.19. The molecule has 3 nitrogen and oxygen atoms in total. The summed E-state index contributed by atoms with van der Waals surface area (Å²) < 4.78 is 0. The Kier molecular flexibility index (Phi) is 3.76. The van der Waals surface area contributed by atoms with Crippen LogP contribution >= 0.6 is 11.6 Å². The molecule has 1 aliphatic rings.